The van der Waals surface area contributed by atoms with E-state index in [1.54, 1.807) is 0 Å². The molecule has 1 amide bonds. The van der Waals surface area contributed by atoms with Crippen molar-refractivity contribution in [1.82, 2.24) is 5.32 Å². The molecule has 0 saturated heterocycles. The lowest BCUT2D eigenvalue weighted by atomic mass is 10.0. The number of anilines is 1. The number of benzene rings is 3. The number of nitrogens with one attached hydrogen (secondary N) is 2. The Bertz CT molecular complexity index is 1110. The number of carbonyl (C=O) groups excluding carboxylic acids is 1. The van der Waals surface area contributed by atoms with E-state index >= 15 is 0 Å². The van der Waals surface area contributed by atoms with Crippen molar-refractivity contribution < 1.29 is 14.7 Å². The first-order chi connectivity index (χ1) is 17.0. The van der Waals surface area contributed by atoms with Crippen LogP contribution in [0.4, 0.5) is 5.69 Å². The molecule has 0 aliphatic rings. The van der Waals surface area contributed by atoms with E-state index in [2.05, 4.69) is 22.8 Å². The first-order valence-electron chi connectivity index (χ1n) is 12.0. The number of carboxylic acids is 1. The third-order valence-electron chi connectivity index (χ3n) is 5.67. The summed E-state index contributed by atoms with van der Waals surface area (Å²) in [5.41, 5.74) is 4.24. The van der Waals surface area contributed by atoms with Crippen LogP contribution in [0.15, 0.2) is 89.9 Å². The molecule has 6 nitrogen and oxygen atoms in total. The van der Waals surface area contributed by atoms with E-state index in [1.807, 2.05) is 79.7 Å². The van der Waals surface area contributed by atoms with Crippen LogP contribution in [0, 0.1) is 0 Å². The molecule has 0 spiro atoms. The van der Waals surface area contributed by atoms with Gasteiger partial charge < -0.3 is 15.7 Å². The summed E-state index contributed by atoms with van der Waals surface area (Å²) in [7, 11) is 0. The molecule has 3 N–H and O–H groups in total. The number of aliphatic imine (C=N–C) groups is 1. The molecular weight excluding hydrogens is 438 g/mol. The van der Waals surface area contributed by atoms with Gasteiger partial charge in [-0.1, -0.05) is 78.9 Å². The van der Waals surface area contributed by atoms with Crippen LogP contribution in [-0.2, 0) is 16.1 Å². The second-order valence-electron chi connectivity index (χ2n) is 8.45. The molecule has 35 heavy (non-hydrogen) atoms. The van der Waals surface area contributed by atoms with Gasteiger partial charge in [-0.15, -0.1) is 0 Å². The van der Waals surface area contributed by atoms with Crippen molar-refractivity contribution in [3.8, 4) is 0 Å². The Morgan fingerprint density at radius 2 is 1.54 bits per heavy atom. The summed E-state index contributed by atoms with van der Waals surface area (Å²) in [6.07, 6.45) is 2.03. The predicted octanol–water partition coefficient (Wildman–Crippen LogP) is 5.61. The summed E-state index contributed by atoms with van der Waals surface area (Å²) in [5.74, 6) is -0.950. The summed E-state index contributed by atoms with van der Waals surface area (Å²) in [5, 5.41) is 15.8. The molecule has 3 aromatic rings. The van der Waals surface area contributed by atoms with Crippen molar-refractivity contribution in [3.63, 3.8) is 0 Å². The van der Waals surface area contributed by atoms with Crippen molar-refractivity contribution in [2.75, 3.05) is 11.9 Å². The standard InChI is InChI=1S/C29H33N3O3/c1-22(31-27(20-29(34)35)24-14-6-3-7-15-24)25-16-8-9-17-26(25)32-28(33)18-10-11-19-30-21-23-12-4-2-5-13-23/h2-9,12-17,27,30H,10-11,18-21H2,1H3,(H,32,33)(H,34,35). The topological polar surface area (TPSA) is 90.8 Å². The fourth-order valence-electron chi connectivity index (χ4n) is 3.87. The van der Waals surface area contributed by atoms with Crippen molar-refractivity contribution >= 4 is 23.3 Å². The minimum Gasteiger partial charge on any atom is -0.481 e. The highest BCUT2D eigenvalue weighted by Crippen LogP contribution is 2.24. The van der Waals surface area contributed by atoms with Crippen LogP contribution in [0.5, 0.6) is 0 Å². The molecule has 182 valence electrons. The third-order valence-corrected chi connectivity index (χ3v) is 5.67. The van der Waals surface area contributed by atoms with Gasteiger partial charge in [0.05, 0.1) is 12.5 Å². The monoisotopic (exact) mass is 471 g/mol. The zero-order valence-corrected chi connectivity index (χ0v) is 20.1. The Hall–Kier alpha value is -3.77. The van der Waals surface area contributed by atoms with Gasteiger partial charge in [0, 0.05) is 29.9 Å². The van der Waals surface area contributed by atoms with Gasteiger partial charge in [0.25, 0.3) is 0 Å². The molecule has 0 fully saturated rings. The fraction of sp³-hybridized carbons (Fsp3) is 0.276. The van der Waals surface area contributed by atoms with Gasteiger partial charge in [-0.25, -0.2) is 0 Å². The number of carbonyl (C=O) groups is 2. The van der Waals surface area contributed by atoms with Crippen molar-refractivity contribution in [1.29, 1.82) is 0 Å². The molecule has 3 aromatic carbocycles. The average molecular weight is 472 g/mol. The first-order valence-corrected chi connectivity index (χ1v) is 12.0. The highest BCUT2D eigenvalue weighted by Gasteiger charge is 2.16. The van der Waals surface area contributed by atoms with Gasteiger partial charge in [0.15, 0.2) is 0 Å². The minimum absolute atomic E-state index is 0.0431. The molecule has 0 aromatic heterocycles. The zero-order valence-electron chi connectivity index (χ0n) is 20.1. The van der Waals surface area contributed by atoms with Gasteiger partial charge in [0.1, 0.15) is 0 Å². The lowest BCUT2D eigenvalue weighted by Crippen LogP contribution is -2.17. The SMILES string of the molecule is CC(=NC(CC(=O)O)c1ccccc1)c1ccccc1NC(=O)CCCCNCc1ccccc1. The first kappa shape index (κ1) is 25.8. The zero-order chi connectivity index (χ0) is 24.9. The Morgan fingerprint density at radius 3 is 2.26 bits per heavy atom. The molecular formula is C29H33N3O3. The van der Waals surface area contributed by atoms with E-state index in [0.29, 0.717) is 17.8 Å². The van der Waals surface area contributed by atoms with Crippen LogP contribution in [0.2, 0.25) is 0 Å². The minimum atomic E-state index is -0.907. The van der Waals surface area contributed by atoms with Crippen LogP contribution >= 0.6 is 0 Å². The molecule has 6 heteroatoms. The number of nitrogens with zero attached hydrogens (tertiary/aromatic N) is 1. The Balaban J connectivity index is 1.55. The summed E-state index contributed by atoms with van der Waals surface area (Å²) in [4.78, 5) is 28.7. The number of rotatable bonds is 13. The average Bonchev–Trinajstić information content (AvgIpc) is 2.87. The summed E-state index contributed by atoms with van der Waals surface area (Å²) in [6.45, 7) is 3.53. The molecule has 0 aliphatic heterocycles. The number of amides is 1. The summed E-state index contributed by atoms with van der Waals surface area (Å²) < 4.78 is 0. The van der Waals surface area contributed by atoms with Crippen molar-refractivity contribution in [3.05, 3.63) is 102 Å². The molecule has 0 saturated carbocycles. The number of unbranched alkanes of at least 4 members (excludes halogenated alkanes) is 1. The highest BCUT2D eigenvalue weighted by atomic mass is 16.4. The van der Waals surface area contributed by atoms with E-state index in [1.165, 1.54) is 5.56 Å². The van der Waals surface area contributed by atoms with Crippen LogP contribution in [0.25, 0.3) is 0 Å². The number of para-hydroxylation sites is 1. The van der Waals surface area contributed by atoms with E-state index in [9.17, 15) is 14.7 Å². The van der Waals surface area contributed by atoms with Crippen LogP contribution in [-0.4, -0.2) is 29.2 Å². The molecule has 0 heterocycles. The maximum absolute atomic E-state index is 12.6. The maximum atomic E-state index is 12.6. The Kier molecular flexibility index (Phi) is 10.2. The Labute approximate surface area is 207 Å². The van der Waals surface area contributed by atoms with Gasteiger partial charge >= 0.3 is 5.97 Å². The van der Waals surface area contributed by atoms with Crippen molar-refractivity contribution in [2.24, 2.45) is 4.99 Å². The molecule has 3 rings (SSSR count). The van der Waals surface area contributed by atoms with E-state index in [0.717, 1.165) is 37.1 Å². The van der Waals surface area contributed by atoms with Crippen LogP contribution in [0.1, 0.15) is 55.3 Å². The van der Waals surface area contributed by atoms with E-state index in [-0.39, 0.29) is 12.3 Å². The second-order valence-corrected chi connectivity index (χ2v) is 8.45. The molecule has 0 bridgehead atoms. The van der Waals surface area contributed by atoms with E-state index < -0.39 is 12.0 Å². The molecule has 1 atom stereocenters. The highest BCUT2D eigenvalue weighted by molar-refractivity contribution is 6.06. The van der Waals surface area contributed by atoms with E-state index in [4.69, 9.17) is 4.99 Å². The largest absolute Gasteiger partial charge is 0.481 e. The number of hydrogen-bond acceptors (Lipinski definition) is 4. The third kappa shape index (κ3) is 8.83. The van der Waals surface area contributed by atoms with Gasteiger partial charge in [-0.3, -0.25) is 14.6 Å². The lowest BCUT2D eigenvalue weighted by Gasteiger charge is -2.15. The normalized spacial score (nSPS) is 12.2. The number of aliphatic carboxylic acids is 1. The summed E-state index contributed by atoms with van der Waals surface area (Å²) in [6, 6.07) is 26.6. The van der Waals surface area contributed by atoms with Crippen LogP contribution < -0.4 is 10.6 Å². The van der Waals surface area contributed by atoms with Crippen molar-refractivity contribution in [2.45, 2.75) is 45.2 Å². The smallest absolute Gasteiger partial charge is 0.305 e. The summed E-state index contributed by atoms with van der Waals surface area (Å²) >= 11 is 0. The van der Waals surface area contributed by atoms with Gasteiger partial charge in [-0.2, -0.15) is 0 Å². The molecule has 0 radical (unpaired) electrons. The Morgan fingerprint density at radius 1 is 0.886 bits per heavy atom. The number of carboxylic acid groups (broad SMARTS) is 1. The number of hydrogen-bond donors (Lipinski definition) is 3. The second kappa shape index (κ2) is 13.8. The quantitative estimate of drug-likeness (QED) is 0.223. The molecule has 1 unspecified atom stereocenters. The van der Waals surface area contributed by atoms with Crippen LogP contribution in [0.3, 0.4) is 0 Å². The van der Waals surface area contributed by atoms with Gasteiger partial charge in [0.2, 0.25) is 5.91 Å². The maximum Gasteiger partial charge on any atom is 0.305 e. The lowest BCUT2D eigenvalue weighted by molar-refractivity contribution is -0.137. The van der Waals surface area contributed by atoms with Gasteiger partial charge in [-0.05, 0) is 43.5 Å². The fourth-order valence-corrected chi connectivity index (χ4v) is 3.87. The molecule has 0 aliphatic carbocycles. The predicted molar refractivity (Wildman–Crippen MR) is 141 cm³/mol.